The SMILES string of the molecule is Nc1ccc(NN2CCCCC2)c2nonc12. The van der Waals surface area contributed by atoms with Crippen LogP contribution in [0.3, 0.4) is 0 Å². The summed E-state index contributed by atoms with van der Waals surface area (Å²) in [6.07, 6.45) is 3.76. The van der Waals surface area contributed by atoms with Crippen molar-refractivity contribution in [2.45, 2.75) is 19.3 Å². The van der Waals surface area contributed by atoms with Crippen LogP contribution in [0.15, 0.2) is 16.8 Å². The highest BCUT2D eigenvalue weighted by Crippen LogP contribution is 2.26. The molecular formula is C11H15N5O. The summed E-state index contributed by atoms with van der Waals surface area (Å²) in [5.74, 6) is 0. The zero-order chi connectivity index (χ0) is 11.7. The van der Waals surface area contributed by atoms with Gasteiger partial charge < -0.3 is 11.2 Å². The van der Waals surface area contributed by atoms with Crippen LogP contribution in [0.5, 0.6) is 0 Å². The van der Waals surface area contributed by atoms with Gasteiger partial charge in [0.25, 0.3) is 0 Å². The number of piperidine rings is 1. The second-order valence-electron chi connectivity index (χ2n) is 4.32. The molecule has 17 heavy (non-hydrogen) atoms. The molecule has 0 aliphatic carbocycles. The molecular weight excluding hydrogens is 218 g/mol. The number of nitrogens with zero attached hydrogens (tertiary/aromatic N) is 3. The molecule has 1 aromatic carbocycles. The number of fused-ring (bicyclic) bond motifs is 1. The number of nitrogen functional groups attached to an aromatic ring is 1. The largest absolute Gasteiger partial charge is 0.397 e. The molecule has 1 aliphatic rings. The normalized spacial score (nSPS) is 17.4. The van der Waals surface area contributed by atoms with Gasteiger partial charge in [-0.3, -0.25) is 0 Å². The first-order valence-corrected chi connectivity index (χ1v) is 5.87. The second kappa shape index (κ2) is 4.21. The number of benzene rings is 1. The van der Waals surface area contributed by atoms with Crippen LogP contribution in [0.2, 0.25) is 0 Å². The number of nitrogens with two attached hydrogens (primary N) is 1. The van der Waals surface area contributed by atoms with Crippen LogP contribution in [0.1, 0.15) is 19.3 Å². The van der Waals surface area contributed by atoms with E-state index in [4.69, 9.17) is 10.4 Å². The summed E-state index contributed by atoms with van der Waals surface area (Å²) in [4.78, 5) is 0. The van der Waals surface area contributed by atoms with E-state index in [0.717, 1.165) is 18.8 Å². The van der Waals surface area contributed by atoms with Gasteiger partial charge >= 0.3 is 0 Å². The molecule has 2 aromatic rings. The molecule has 0 radical (unpaired) electrons. The average Bonchev–Trinajstić information content (AvgIpc) is 2.84. The Kier molecular flexibility index (Phi) is 2.56. The van der Waals surface area contributed by atoms with Crippen LogP contribution in [0.4, 0.5) is 11.4 Å². The lowest BCUT2D eigenvalue weighted by molar-refractivity contribution is 0.273. The summed E-state index contributed by atoms with van der Waals surface area (Å²) in [6.45, 7) is 2.11. The summed E-state index contributed by atoms with van der Waals surface area (Å²) in [5.41, 5.74) is 11.9. The standard InChI is InChI=1S/C11H15N5O/c12-8-4-5-9(11-10(8)14-17-15-11)13-16-6-2-1-3-7-16/h4-5,13H,1-3,6-7,12H2. The number of hydrogen-bond donors (Lipinski definition) is 2. The molecule has 90 valence electrons. The highest BCUT2D eigenvalue weighted by atomic mass is 16.6. The number of hydrogen-bond acceptors (Lipinski definition) is 6. The Morgan fingerprint density at radius 3 is 2.71 bits per heavy atom. The molecule has 0 bridgehead atoms. The second-order valence-corrected chi connectivity index (χ2v) is 4.32. The van der Waals surface area contributed by atoms with Crippen LogP contribution in [-0.4, -0.2) is 28.4 Å². The number of hydrazine groups is 1. The zero-order valence-corrected chi connectivity index (χ0v) is 9.52. The molecule has 0 spiro atoms. The summed E-state index contributed by atoms with van der Waals surface area (Å²) >= 11 is 0. The lowest BCUT2D eigenvalue weighted by atomic mass is 10.2. The number of rotatable bonds is 2. The molecule has 1 aromatic heterocycles. The van der Waals surface area contributed by atoms with E-state index in [2.05, 4.69) is 20.7 Å². The molecule has 3 rings (SSSR count). The molecule has 6 nitrogen and oxygen atoms in total. The summed E-state index contributed by atoms with van der Waals surface area (Å²) in [7, 11) is 0. The smallest absolute Gasteiger partial charge is 0.161 e. The fourth-order valence-corrected chi connectivity index (χ4v) is 2.15. The Bertz CT molecular complexity index is 518. The van der Waals surface area contributed by atoms with E-state index in [1.807, 2.05) is 12.1 Å². The van der Waals surface area contributed by atoms with Gasteiger partial charge in [-0.1, -0.05) is 6.42 Å². The van der Waals surface area contributed by atoms with Gasteiger partial charge in [-0.05, 0) is 35.3 Å². The molecule has 3 N–H and O–H groups in total. The molecule has 1 aliphatic heterocycles. The highest BCUT2D eigenvalue weighted by Gasteiger charge is 2.14. The number of anilines is 2. The van der Waals surface area contributed by atoms with Crippen LogP contribution in [0, 0.1) is 0 Å². The Morgan fingerprint density at radius 1 is 1.12 bits per heavy atom. The third kappa shape index (κ3) is 1.91. The lowest BCUT2D eigenvalue weighted by Gasteiger charge is -2.27. The van der Waals surface area contributed by atoms with Gasteiger partial charge in [0.15, 0.2) is 11.0 Å². The predicted molar refractivity (Wildman–Crippen MR) is 65.3 cm³/mol. The van der Waals surface area contributed by atoms with Crippen molar-refractivity contribution in [1.82, 2.24) is 15.3 Å². The third-order valence-electron chi connectivity index (χ3n) is 3.08. The van der Waals surface area contributed by atoms with E-state index in [0.29, 0.717) is 16.7 Å². The number of nitrogens with one attached hydrogen (secondary N) is 1. The van der Waals surface area contributed by atoms with Crippen molar-refractivity contribution < 1.29 is 4.63 Å². The average molecular weight is 233 g/mol. The van der Waals surface area contributed by atoms with Gasteiger partial charge in [-0.2, -0.15) is 0 Å². The van der Waals surface area contributed by atoms with Crippen molar-refractivity contribution in [2.24, 2.45) is 0 Å². The van der Waals surface area contributed by atoms with Crippen LogP contribution in [-0.2, 0) is 0 Å². The Labute approximate surface area is 98.7 Å². The van der Waals surface area contributed by atoms with Crippen molar-refractivity contribution in [3.8, 4) is 0 Å². The van der Waals surface area contributed by atoms with Gasteiger partial charge in [-0.25, -0.2) is 9.64 Å². The van der Waals surface area contributed by atoms with Crippen molar-refractivity contribution in [3.63, 3.8) is 0 Å². The van der Waals surface area contributed by atoms with E-state index in [9.17, 15) is 0 Å². The molecule has 1 fully saturated rings. The molecule has 0 saturated carbocycles. The minimum Gasteiger partial charge on any atom is -0.397 e. The van der Waals surface area contributed by atoms with Gasteiger partial charge in [0.2, 0.25) is 0 Å². The van der Waals surface area contributed by atoms with E-state index >= 15 is 0 Å². The van der Waals surface area contributed by atoms with Gasteiger partial charge in [0, 0.05) is 13.1 Å². The van der Waals surface area contributed by atoms with Crippen LogP contribution in [0.25, 0.3) is 11.0 Å². The van der Waals surface area contributed by atoms with Crippen molar-refractivity contribution >= 4 is 22.4 Å². The Hall–Kier alpha value is -1.82. The highest BCUT2D eigenvalue weighted by molar-refractivity contribution is 5.94. The first-order chi connectivity index (χ1) is 8.34. The molecule has 0 unspecified atom stereocenters. The summed E-state index contributed by atoms with van der Waals surface area (Å²) in [5, 5.41) is 9.89. The first kappa shape index (κ1) is 10.3. The molecule has 6 heteroatoms. The van der Waals surface area contributed by atoms with Crippen LogP contribution >= 0.6 is 0 Å². The van der Waals surface area contributed by atoms with E-state index in [-0.39, 0.29) is 0 Å². The van der Waals surface area contributed by atoms with Crippen molar-refractivity contribution in [1.29, 1.82) is 0 Å². The first-order valence-electron chi connectivity index (χ1n) is 5.87. The lowest BCUT2D eigenvalue weighted by Crippen LogP contribution is -2.34. The van der Waals surface area contributed by atoms with E-state index in [1.54, 1.807) is 0 Å². The summed E-state index contributed by atoms with van der Waals surface area (Å²) < 4.78 is 4.74. The predicted octanol–water partition coefficient (Wildman–Crippen LogP) is 1.62. The monoisotopic (exact) mass is 233 g/mol. The van der Waals surface area contributed by atoms with E-state index in [1.165, 1.54) is 19.3 Å². The maximum Gasteiger partial charge on any atom is 0.161 e. The van der Waals surface area contributed by atoms with Crippen molar-refractivity contribution in [3.05, 3.63) is 12.1 Å². The minimum absolute atomic E-state index is 0.588. The Morgan fingerprint density at radius 2 is 1.88 bits per heavy atom. The number of aromatic nitrogens is 2. The van der Waals surface area contributed by atoms with Crippen LogP contribution < -0.4 is 11.2 Å². The van der Waals surface area contributed by atoms with Gasteiger partial charge in [0.05, 0.1) is 11.4 Å². The van der Waals surface area contributed by atoms with Gasteiger partial charge in [-0.15, -0.1) is 0 Å². The molecule has 1 saturated heterocycles. The molecule has 0 amide bonds. The van der Waals surface area contributed by atoms with Crippen molar-refractivity contribution in [2.75, 3.05) is 24.2 Å². The quantitative estimate of drug-likeness (QED) is 0.767. The minimum atomic E-state index is 0.588. The maximum absolute atomic E-state index is 5.80. The maximum atomic E-state index is 5.80. The van der Waals surface area contributed by atoms with E-state index < -0.39 is 0 Å². The summed E-state index contributed by atoms with van der Waals surface area (Å²) in [6, 6.07) is 3.73. The zero-order valence-electron chi connectivity index (χ0n) is 9.52. The topological polar surface area (TPSA) is 80.2 Å². The van der Waals surface area contributed by atoms with Gasteiger partial charge in [0.1, 0.15) is 0 Å². The molecule has 2 heterocycles. The molecule has 0 atom stereocenters. The fraction of sp³-hybridized carbons (Fsp3) is 0.455. The fourth-order valence-electron chi connectivity index (χ4n) is 2.15. The third-order valence-corrected chi connectivity index (χ3v) is 3.08. The Balaban J connectivity index is 1.89.